The fourth-order valence-electron chi connectivity index (χ4n) is 5.09. The number of nitro benzene ring substituents is 1. The van der Waals surface area contributed by atoms with Crippen molar-refractivity contribution in [2.24, 2.45) is 0 Å². The van der Waals surface area contributed by atoms with Gasteiger partial charge in [0.15, 0.2) is 0 Å². The Kier molecular flexibility index (Phi) is 10.7. The van der Waals surface area contributed by atoms with Crippen LogP contribution in [-0.4, -0.2) is 75.9 Å². The normalized spacial score (nSPS) is 11.6. The highest BCUT2D eigenvalue weighted by molar-refractivity contribution is 5.94. The van der Waals surface area contributed by atoms with Crippen LogP contribution < -0.4 is 4.90 Å². The van der Waals surface area contributed by atoms with Crippen molar-refractivity contribution in [1.82, 2.24) is 19.8 Å². The van der Waals surface area contributed by atoms with Gasteiger partial charge in [0.2, 0.25) is 0 Å². The van der Waals surface area contributed by atoms with Crippen molar-refractivity contribution in [3.63, 3.8) is 0 Å². The molecule has 4 rings (SSSR count). The van der Waals surface area contributed by atoms with Gasteiger partial charge in [-0.05, 0) is 79.6 Å². The first-order valence-corrected chi connectivity index (χ1v) is 14.2. The van der Waals surface area contributed by atoms with E-state index in [1.165, 1.54) is 11.1 Å². The number of aromatic nitrogens is 2. The molecule has 0 saturated heterocycles. The summed E-state index contributed by atoms with van der Waals surface area (Å²) < 4.78 is 0. The largest absolute Gasteiger partial charge is 0.481 e. The molecule has 2 aromatic heterocycles. The number of benzene rings is 2. The predicted octanol–water partition coefficient (Wildman–Crippen LogP) is 5.30. The van der Waals surface area contributed by atoms with Gasteiger partial charge < -0.3 is 19.8 Å². The number of carboxylic acid groups (broad SMARTS) is 1. The number of amides is 1. The number of hydrogen-bond donors (Lipinski definition) is 1. The van der Waals surface area contributed by atoms with Gasteiger partial charge in [-0.1, -0.05) is 30.3 Å². The van der Waals surface area contributed by atoms with E-state index in [0.717, 1.165) is 24.1 Å². The minimum atomic E-state index is -1.06. The third-order valence-corrected chi connectivity index (χ3v) is 7.28. The number of carbonyl (C=O) groups is 2. The second kappa shape index (κ2) is 14.8. The first kappa shape index (κ1) is 31.8. The first-order valence-electron chi connectivity index (χ1n) is 14.2. The van der Waals surface area contributed by atoms with E-state index in [1.54, 1.807) is 55.0 Å². The smallest absolute Gasteiger partial charge is 0.305 e. The summed E-state index contributed by atoms with van der Waals surface area (Å²) in [5.74, 6) is -1.44. The van der Waals surface area contributed by atoms with Gasteiger partial charge in [-0.2, -0.15) is 0 Å². The summed E-state index contributed by atoms with van der Waals surface area (Å²) in [6.07, 6.45) is 6.70. The Bertz CT molecular complexity index is 1580. The molecule has 1 amide bonds. The molecule has 44 heavy (non-hydrogen) atoms. The summed E-state index contributed by atoms with van der Waals surface area (Å²) in [5, 5.41) is 21.9. The second-order valence-electron chi connectivity index (χ2n) is 10.8. The molecule has 1 unspecified atom stereocenters. The van der Waals surface area contributed by atoms with E-state index < -0.39 is 12.0 Å². The lowest BCUT2D eigenvalue weighted by Gasteiger charge is -2.31. The zero-order valence-electron chi connectivity index (χ0n) is 25.0. The lowest BCUT2D eigenvalue weighted by atomic mass is 9.99. The van der Waals surface area contributed by atoms with Gasteiger partial charge in [0, 0.05) is 51.0 Å². The molecule has 0 aliphatic heterocycles. The van der Waals surface area contributed by atoms with Crippen molar-refractivity contribution in [3.8, 4) is 11.1 Å². The Balaban J connectivity index is 1.68. The maximum atomic E-state index is 13.8. The average Bonchev–Trinajstić information content (AvgIpc) is 3.02. The molecule has 0 spiro atoms. The van der Waals surface area contributed by atoms with Crippen LogP contribution >= 0.6 is 0 Å². The minimum absolute atomic E-state index is 0.00624. The van der Waals surface area contributed by atoms with Crippen molar-refractivity contribution in [3.05, 3.63) is 118 Å². The third kappa shape index (κ3) is 8.23. The summed E-state index contributed by atoms with van der Waals surface area (Å²) >= 11 is 0. The van der Waals surface area contributed by atoms with Gasteiger partial charge in [-0.3, -0.25) is 29.7 Å². The van der Waals surface area contributed by atoms with Crippen LogP contribution in [0.15, 0.2) is 91.5 Å². The van der Waals surface area contributed by atoms with E-state index in [0.29, 0.717) is 28.9 Å². The van der Waals surface area contributed by atoms with Crippen molar-refractivity contribution in [2.45, 2.75) is 25.4 Å². The van der Waals surface area contributed by atoms with Gasteiger partial charge >= 0.3 is 5.97 Å². The van der Waals surface area contributed by atoms with Crippen LogP contribution in [0.3, 0.4) is 0 Å². The summed E-state index contributed by atoms with van der Waals surface area (Å²) in [7, 11) is 5.83. The molecule has 2 heterocycles. The number of carbonyl (C=O) groups excluding carboxylic acids is 1. The Morgan fingerprint density at radius 1 is 0.909 bits per heavy atom. The van der Waals surface area contributed by atoms with Crippen LogP contribution in [-0.2, 0) is 11.3 Å². The van der Waals surface area contributed by atoms with Crippen LogP contribution in [0.2, 0.25) is 0 Å². The lowest BCUT2D eigenvalue weighted by molar-refractivity contribution is -0.384. The highest BCUT2D eigenvalue weighted by Gasteiger charge is 2.29. The average molecular weight is 597 g/mol. The molecule has 0 aliphatic carbocycles. The highest BCUT2D eigenvalue weighted by atomic mass is 16.6. The predicted molar refractivity (Wildman–Crippen MR) is 168 cm³/mol. The molecule has 0 fully saturated rings. The van der Waals surface area contributed by atoms with E-state index in [-0.39, 0.29) is 29.5 Å². The number of rotatable bonds is 14. The maximum absolute atomic E-state index is 13.8. The standard InChI is InChI=1S/C33H36N6O5/c1-36(2)16-7-17-37(3)29-13-12-26(19-31(29)39(43)44)25-9-4-8-24(18-25)23-38(33(42)28-11-6-15-35-22-28)30(20-32(40)41)27-10-5-14-34-21-27/h4-6,8-15,18-19,21-22,30H,7,16-17,20,23H2,1-3H3,(H,40,41). The molecule has 0 saturated carbocycles. The molecular formula is C33H36N6O5. The molecule has 2 aromatic carbocycles. The summed E-state index contributed by atoms with van der Waals surface area (Å²) in [5.41, 5.74) is 3.57. The number of pyridine rings is 2. The van der Waals surface area contributed by atoms with Crippen molar-refractivity contribution < 1.29 is 19.6 Å². The van der Waals surface area contributed by atoms with E-state index in [1.807, 2.05) is 56.4 Å². The quantitative estimate of drug-likeness (QED) is 0.152. The monoisotopic (exact) mass is 596 g/mol. The van der Waals surface area contributed by atoms with Crippen molar-refractivity contribution in [1.29, 1.82) is 0 Å². The number of hydrogen-bond acceptors (Lipinski definition) is 8. The fourth-order valence-corrected chi connectivity index (χ4v) is 5.09. The Hall–Kier alpha value is -5.16. The molecule has 1 N–H and O–H groups in total. The van der Waals surface area contributed by atoms with Crippen LogP contribution in [0.25, 0.3) is 11.1 Å². The van der Waals surface area contributed by atoms with Gasteiger partial charge in [0.05, 0.1) is 22.9 Å². The van der Waals surface area contributed by atoms with E-state index in [4.69, 9.17) is 0 Å². The SMILES string of the molecule is CN(C)CCCN(C)c1ccc(-c2cccc(CN(C(=O)c3cccnc3)C(CC(=O)O)c3cccnc3)c2)cc1[N+](=O)[O-]. The molecular weight excluding hydrogens is 560 g/mol. The fraction of sp³-hybridized carbons (Fsp3) is 0.273. The Morgan fingerprint density at radius 2 is 1.64 bits per heavy atom. The molecule has 11 nitrogen and oxygen atoms in total. The first-order chi connectivity index (χ1) is 21.1. The van der Waals surface area contributed by atoms with Crippen LogP contribution in [0, 0.1) is 10.1 Å². The van der Waals surface area contributed by atoms with Gasteiger partial charge in [0.1, 0.15) is 5.69 Å². The highest BCUT2D eigenvalue weighted by Crippen LogP contribution is 2.34. The third-order valence-electron chi connectivity index (χ3n) is 7.28. The number of nitrogens with zero attached hydrogens (tertiary/aromatic N) is 6. The zero-order chi connectivity index (χ0) is 31.6. The van der Waals surface area contributed by atoms with E-state index in [9.17, 15) is 24.8 Å². The van der Waals surface area contributed by atoms with Gasteiger partial charge in [0.25, 0.3) is 11.6 Å². The van der Waals surface area contributed by atoms with Crippen LogP contribution in [0.1, 0.15) is 40.4 Å². The number of nitro groups is 1. The maximum Gasteiger partial charge on any atom is 0.305 e. The van der Waals surface area contributed by atoms with Crippen LogP contribution in [0.4, 0.5) is 11.4 Å². The van der Waals surface area contributed by atoms with Gasteiger partial charge in [-0.15, -0.1) is 0 Å². The lowest BCUT2D eigenvalue weighted by Crippen LogP contribution is -2.36. The van der Waals surface area contributed by atoms with E-state index >= 15 is 0 Å². The van der Waals surface area contributed by atoms with Crippen LogP contribution in [0.5, 0.6) is 0 Å². The Morgan fingerprint density at radius 3 is 2.27 bits per heavy atom. The Labute approximate surface area is 256 Å². The topological polar surface area (TPSA) is 133 Å². The molecule has 11 heteroatoms. The summed E-state index contributed by atoms with van der Waals surface area (Å²) in [6.45, 7) is 1.63. The molecule has 1 atom stereocenters. The number of carboxylic acids is 1. The molecule has 0 aliphatic rings. The number of aliphatic carboxylic acids is 1. The van der Waals surface area contributed by atoms with Gasteiger partial charge in [-0.25, -0.2) is 0 Å². The zero-order valence-corrected chi connectivity index (χ0v) is 25.0. The molecule has 4 aromatic rings. The molecule has 0 radical (unpaired) electrons. The summed E-state index contributed by atoms with van der Waals surface area (Å²) in [4.78, 5) is 51.2. The number of anilines is 1. The summed E-state index contributed by atoms with van der Waals surface area (Å²) in [6, 6.07) is 18.5. The minimum Gasteiger partial charge on any atom is -0.481 e. The molecule has 228 valence electrons. The molecule has 0 bridgehead atoms. The second-order valence-corrected chi connectivity index (χ2v) is 10.8. The van der Waals surface area contributed by atoms with E-state index in [2.05, 4.69) is 14.9 Å². The van der Waals surface area contributed by atoms with Crippen molar-refractivity contribution in [2.75, 3.05) is 39.1 Å². The van der Waals surface area contributed by atoms with Crippen molar-refractivity contribution >= 4 is 23.3 Å².